The predicted molar refractivity (Wildman–Crippen MR) is 46.7 cm³/mol. The van der Waals surface area contributed by atoms with Gasteiger partial charge in [0.1, 0.15) is 0 Å². The highest BCUT2D eigenvalue weighted by Gasteiger charge is 2.24. The molecule has 1 atom stereocenters. The Morgan fingerprint density at radius 3 is 2.92 bits per heavy atom. The summed E-state index contributed by atoms with van der Waals surface area (Å²) < 4.78 is 0. The minimum absolute atomic E-state index is 0.218. The summed E-state index contributed by atoms with van der Waals surface area (Å²) in [4.78, 5) is 13.2. The largest absolute Gasteiger partial charge is 0.396 e. The minimum atomic E-state index is 0.218. The van der Waals surface area contributed by atoms with Gasteiger partial charge in [0.05, 0.1) is 0 Å². The number of rotatable bonds is 3. The van der Waals surface area contributed by atoms with Gasteiger partial charge in [-0.1, -0.05) is 6.92 Å². The van der Waals surface area contributed by atoms with Crippen LogP contribution in [-0.2, 0) is 4.79 Å². The van der Waals surface area contributed by atoms with Crippen molar-refractivity contribution >= 4 is 5.91 Å². The molecule has 3 heteroatoms. The Bertz CT molecular complexity index is 159. The van der Waals surface area contributed by atoms with Gasteiger partial charge in [-0.05, 0) is 12.8 Å². The van der Waals surface area contributed by atoms with Crippen molar-refractivity contribution < 1.29 is 9.90 Å². The van der Waals surface area contributed by atoms with Crippen LogP contribution in [0.3, 0.4) is 0 Å². The summed E-state index contributed by atoms with van der Waals surface area (Å²) in [5, 5.41) is 8.86. The van der Waals surface area contributed by atoms with Gasteiger partial charge in [-0.2, -0.15) is 0 Å². The van der Waals surface area contributed by atoms with Crippen molar-refractivity contribution in [1.82, 2.24) is 4.90 Å². The van der Waals surface area contributed by atoms with E-state index in [-0.39, 0.29) is 12.5 Å². The highest BCUT2D eigenvalue weighted by atomic mass is 16.3. The van der Waals surface area contributed by atoms with Crippen molar-refractivity contribution in [2.24, 2.45) is 5.92 Å². The number of carbonyl (C=O) groups excluding carboxylic acids is 1. The van der Waals surface area contributed by atoms with E-state index in [1.54, 1.807) is 0 Å². The van der Waals surface area contributed by atoms with Crippen LogP contribution < -0.4 is 0 Å². The molecular formula is C9H17NO2. The summed E-state index contributed by atoms with van der Waals surface area (Å²) in [6, 6.07) is 0. The van der Waals surface area contributed by atoms with Gasteiger partial charge < -0.3 is 10.0 Å². The Morgan fingerprint density at radius 1 is 1.67 bits per heavy atom. The first-order valence-electron chi connectivity index (χ1n) is 4.66. The van der Waals surface area contributed by atoms with Crippen molar-refractivity contribution in [1.29, 1.82) is 0 Å². The molecule has 0 aliphatic carbocycles. The molecule has 0 unspecified atom stereocenters. The number of aliphatic hydroxyl groups is 1. The maximum atomic E-state index is 11.4. The van der Waals surface area contributed by atoms with E-state index in [0.717, 1.165) is 25.9 Å². The molecule has 1 heterocycles. The van der Waals surface area contributed by atoms with Crippen LogP contribution in [0.5, 0.6) is 0 Å². The summed E-state index contributed by atoms with van der Waals surface area (Å²) in [6.07, 6.45) is 2.53. The second kappa shape index (κ2) is 4.45. The molecule has 1 amide bonds. The molecule has 1 aliphatic rings. The lowest BCUT2D eigenvalue weighted by Crippen LogP contribution is -2.28. The van der Waals surface area contributed by atoms with E-state index in [4.69, 9.17) is 5.11 Å². The molecule has 0 aromatic heterocycles. The number of hydrogen-bond acceptors (Lipinski definition) is 2. The van der Waals surface area contributed by atoms with E-state index < -0.39 is 0 Å². The summed E-state index contributed by atoms with van der Waals surface area (Å²) in [7, 11) is 0. The van der Waals surface area contributed by atoms with E-state index in [2.05, 4.69) is 0 Å². The van der Waals surface area contributed by atoms with Crippen molar-refractivity contribution in [3.05, 3.63) is 0 Å². The molecule has 1 saturated heterocycles. The molecule has 0 bridgehead atoms. The number of hydrogen-bond donors (Lipinski definition) is 1. The first-order valence-corrected chi connectivity index (χ1v) is 4.66. The maximum Gasteiger partial charge on any atom is 0.222 e. The summed E-state index contributed by atoms with van der Waals surface area (Å²) in [6.45, 7) is 3.83. The predicted octanol–water partition coefficient (Wildman–Crippen LogP) is 0.627. The second-order valence-corrected chi connectivity index (χ2v) is 3.43. The summed E-state index contributed by atoms with van der Waals surface area (Å²) >= 11 is 0. The highest BCUT2D eigenvalue weighted by Crippen LogP contribution is 2.16. The third-order valence-corrected chi connectivity index (χ3v) is 2.36. The van der Waals surface area contributed by atoms with E-state index in [1.165, 1.54) is 0 Å². The minimum Gasteiger partial charge on any atom is -0.396 e. The molecule has 0 spiro atoms. The smallest absolute Gasteiger partial charge is 0.222 e. The molecule has 12 heavy (non-hydrogen) atoms. The van der Waals surface area contributed by atoms with Gasteiger partial charge >= 0.3 is 0 Å². The van der Waals surface area contributed by atoms with Crippen LogP contribution >= 0.6 is 0 Å². The fourth-order valence-electron chi connectivity index (χ4n) is 1.58. The molecule has 0 radical (unpaired) electrons. The van der Waals surface area contributed by atoms with Crippen LogP contribution in [0.1, 0.15) is 26.2 Å². The molecule has 1 aliphatic heterocycles. The fourth-order valence-corrected chi connectivity index (χ4v) is 1.58. The average molecular weight is 171 g/mol. The lowest BCUT2D eigenvalue weighted by molar-refractivity contribution is -0.130. The summed E-state index contributed by atoms with van der Waals surface area (Å²) in [5.41, 5.74) is 0. The lowest BCUT2D eigenvalue weighted by Gasteiger charge is -2.15. The summed E-state index contributed by atoms with van der Waals surface area (Å²) in [5.74, 6) is 0.569. The third-order valence-electron chi connectivity index (χ3n) is 2.36. The number of likely N-dealkylation sites (tertiary alicyclic amines) is 1. The third kappa shape index (κ3) is 2.21. The van der Waals surface area contributed by atoms with Crippen molar-refractivity contribution in [2.75, 3.05) is 19.7 Å². The van der Waals surface area contributed by atoms with Gasteiger partial charge in [-0.25, -0.2) is 0 Å². The zero-order chi connectivity index (χ0) is 8.97. The van der Waals surface area contributed by atoms with Crippen LogP contribution in [0.4, 0.5) is 0 Å². The number of amides is 1. The molecule has 1 N–H and O–H groups in total. The zero-order valence-corrected chi connectivity index (χ0v) is 7.62. The first kappa shape index (κ1) is 9.52. The van der Waals surface area contributed by atoms with Crippen molar-refractivity contribution in [2.45, 2.75) is 26.2 Å². The molecule has 1 fully saturated rings. The topological polar surface area (TPSA) is 40.5 Å². The fraction of sp³-hybridized carbons (Fsp3) is 0.889. The average Bonchev–Trinajstić information content (AvgIpc) is 2.52. The Labute approximate surface area is 73.4 Å². The lowest BCUT2D eigenvalue weighted by atomic mass is 10.1. The molecule has 0 saturated carbocycles. The van der Waals surface area contributed by atoms with Crippen LogP contribution in [0.15, 0.2) is 0 Å². The Balaban J connectivity index is 2.31. The van der Waals surface area contributed by atoms with Crippen molar-refractivity contribution in [3.63, 3.8) is 0 Å². The Kier molecular flexibility index (Phi) is 3.53. The standard InChI is InChI=1S/C9H17NO2/c1-2-3-9(12)10-5-4-8(6-10)7-11/h8,11H,2-7H2,1H3/t8-/m0/s1. The van der Waals surface area contributed by atoms with Gasteiger partial charge in [-0.3, -0.25) is 4.79 Å². The van der Waals surface area contributed by atoms with Crippen LogP contribution in [0.2, 0.25) is 0 Å². The Hall–Kier alpha value is -0.570. The normalized spacial score (nSPS) is 23.2. The number of nitrogens with zero attached hydrogens (tertiary/aromatic N) is 1. The number of carbonyl (C=O) groups is 1. The molecule has 0 aromatic rings. The molecule has 3 nitrogen and oxygen atoms in total. The van der Waals surface area contributed by atoms with Gasteiger partial charge in [0.15, 0.2) is 0 Å². The molecule has 70 valence electrons. The monoisotopic (exact) mass is 171 g/mol. The maximum absolute atomic E-state index is 11.4. The van der Waals surface area contributed by atoms with Gasteiger partial charge in [0, 0.05) is 32.0 Å². The van der Waals surface area contributed by atoms with E-state index in [9.17, 15) is 4.79 Å². The van der Waals surface area contributed by atoms with Crippen LogP contribution in [0, 0.1) is 5.92 Å². The number of aliphatic hydroxyl groups excluding tert-OH is 1. The quantitative estimate of drug-likeness (QED) is 0.676. The highest BCUT2D eigenvalue weighted by molar-refractivity contribution is 5.76. The van der Waals surface area contributed by atoms with Gasteiger partial charge in [-0.15, -0.1) is 0 Å². The second-order valence-electron chi connectivity index (χ2n) is 3.43. The van der Waals surface area contributed by atoms with Gasteiger partial charge in [0.2, 0.25) is 5.91 Å². The van der Waals surface area contributed by atoms with E-state index in [0.29, 0.717) is 12.3 Å². The van der Waals surface area contributed by atoms with Crippen LogP contribution in [-0.4, -0.2) is 35.6 Å². The SMILES string of the molecule is CCCC(=O)N1CC[C@H](CO)C1. The molecule has 0 aromatic carbocycles. The first-order chi connectivity index (χ1) is 5.77. The zero-order valence-electron chi connectivity index (χ0n) is 7.62. The van der Waals surface area contributed by atoms with Crippen molar-refractivity contribution in [3.8, 4) is 0 Å². The molecule has 1 rings (SSSR count). The Morgan fingerprint density at radius 2 is 2.42 bits per heavy atom. The van der Waals surface area contributed by atoms with Gasteiger partial charge in [0.25, 0.3) is 0 Å². The van der Waals surface area contributed by atoms with E-state index >= 15 is 0 Å². The van der Waals surface area contributed by atoms with Crippen LogP contribution in [0.25, 0.3) is 0 Å². The van der Waals surface area contributed by atoms with E-state index in [1.807, 2.05) is 11.8 Å². The molecular weight excluding hydrogens is 154 g/mol.